The SMILES string of the molecule is CN(C)CCOCCNC(=O)/C=C/c1cccc(N)c1. The average Bonchev–Trinajstić information content (AvgIpc) is 2.40. The quantitative estimate of drug-likeness (QED) is 0.422. The molecule has 5 nitrogen and oxygen atoms in total. The van der Waals surface area contributed by atoms with Crippen molar-refractivity contribution >= 4 is 17.7 Å². The van der Waals surface area contributed by atoms with Gasteiger partial charge in [-0.05, 0) is 37.9 Å². The number of ether oxygens (including phenoxy) is 1. The van der Waals surface area contributed by atoms with Crippen molar-refractivity contribution in [3.8, 4) is 0 Å². The van der Waals surface area contributed by atoms with Crippen molar-refractivity contribution in [3.05, 3.63) is 35.9 Å². The van der Waals surface area contributed by atoms with E-state index in [0.717, 1.165) is 12.1 Å². The third kappa shape index (κ3) is 7.56. The van der Waals surface area contributed by atoms with Crippen LogP contribution in [0.1, 0.15) is 5.56 Å². The first-order chi connectivity index (χ1) is 9.58. The van der Waals surface area contributed by atoms with Crippen LogP contribution < -0.4 is 11.1 Å². The van der Waals surface area contributed by atoms with E-state index in [9.17, 15) is 4.79 Å². The molecular formula is C15H23N3O2. The summed E-state index contributed by atoms with van der Waals surface area (Å²) < 4.78 is 5.38. The third-order valence-electron chi connectivity index (χ3n) is 2.57. The van der Waals surface area contributed by atoms with Crippen molar-refractivity contribution in [2.24, 2.45) is 0 Å². The Morgan fingerprint density at radius 2 is 2.20 bits per heavy atom. The highest BCUT2D eigenvalue weighted by molar-refractivity contribution is 5.91. The summed E-state index contributed by atoms with van der Waals surface area (Å²) in [7, 11) is 3.98. The second-order valence-corrected chi connectivity index (χ2v) is 4.71. The first-order valence-electron chi connectivity index (χ1n) is 6.62. The standard InChI is InChI=1S/C15H23N3O2/c1-18(2)9-11-20-10-8-17-15(19)7-6-13-4-3-5-14(16)12-13/h3-7,12H,8-11,16H2,1-2H3,(H,17,19)/b7-6+. The second-order valence-electron chi connectivity index (χ2n) is 4.71. The Hall–Kier alpha value is -1.85. The van der Waals surface area contributed by atoms with Crippen LogP contribution in [0.4, 0.5) is 5.69 Å². The van der Waals surface area contributed by atoms with E-state index < -0.39 is 0 Å². The Morgan fingerprint density at radius 1 is 1.40 bits per heavy atom. The van der Waals surface area contributed by atoms with Crippen LogP contribution in [0.3, 0.4) is 0 Å². The van der Waals surface area contributed by atoms with E-state index >= 15 is 0 Å². The van der Waals surface area contributed by atoms with Crippen molar-refractivity contribution in [1.29, 1.82) is 0 Å². The number of nitrogens with zero attached hydrogens (tertiary/aromatic N) is 1. The molecule has 0 fully saturated rings. The lowest BCUT2D eigenvalue weighted by atomic mass is 10.2. The largest absolute Gasteiger partial charge is 0.399 e. The van der Waals surface area contributed by atoms with Gasteiger partial charge in [-0.3, -0.25) is 4.79 Å². The molecule has 0 unspecified atom stereocenters. The molecule has 0 saturated carbocycles. The summed E-state index contributed by atoms with van der Waals surface area (Å²) >= 11 is 0. The van der Waals surface area contributed by atoms with Crippen molar-refractivity contribution in [2.75, 3.05) is 46.1 Å². The van der Waals surface area contributed by atoms with Crippen LogP contribution in [0.15, 0.2) is 30.3 Å². The molecule has 0 atom stereocenters. The third-order valence-corrected chi connectivity index (χ3v) is 2.57. The van der Waals surface area contributed by atoms with Gasteiger partial charge in [0.1, 0.15) is 0 Å². The van der Waals surface area contributed by atoms with Gasteiger partial charge in [0.2, 0.25) is 5.91 Å². The zero-order chi connectivity index (χ0) is 14.8. The molecule has 0 aliphatic rings. The molecule has 5 heteroatoms. The van der Waals surface area contributed by atoms with Crippen molar-refractivity contribution in [3.63, 3.8) is 0 Å². The molecule has 0 aliphatic heterocycles. The average molecular weight is 277 g/mol. The predicted molar refractivity (Wildman–Crippen MR) is 82.3 cm³/mol. The van der Waals surface area contributed by atoms with Crippen molar-refractivity contribution in [1.82, 2.24) is 10.2 Å². The van der Waals surface area contributed by atoms with Gasteiger partial charge < -0.3 is 20.7 Å². The molecule has 1 aromatic carbocycles. The van der Waals surface area contributed by atoms with Crippen LogP contribution in [0, 0.1) is 0 Å². The molecule has 0 spiro atoms. The summed E-state index contributed by atoms with van der Waals surface area (Å²) in [6.45, 7) is 2.57. The number of benzene rings is 1. The number of hydrogen-bond acceptors (Lipinski definition) is 4. The van der Waals surface area contributed by atoms with Gasteiger partial charge in [-0.2, -0.15) is 0 Å². The maximum absolute atomic E-state index is 11.5. The number of carbonyl (C=O) groups is 1. The van der Waals surface area contributed by atoms with E-state index in [0.29, 0.717) is 25.4 Å². The van der Waals surface area contributed by atoms with Gasteiger partial charge in [-0.25, -0.2) is 0 Å². The van der Waals surface area contributed by atoms with Crippen molar-refractivity contribution < 1.29 is 9.53 Å². The van der Waals surface area contributed by atoms with Crippen LogP contribution in [0.5, 0.6) is 0 Å². The van der Waals surface area contributed by atoms with E-state index in [-0.39, 0.29) is 5.91 Å². The first-order valence-corrected chi connectivity index (χ1v) is 6.62. The fourth-order valence-corrected chi connectivity index (χ4v) is 1.49. The molecular weight excluding hydrogens is 254 g/mol. The fourth-order valence-electron chi connectivity index (χ4n) is 1.49. The fraction of sp³-hybridized carbons (Fsp3) is 0.400. The van der Waals surface area contributed by atoms with Crippen LogP contribution in [0.2, 0.25) is 0 Å². The Bertz CT molecular complexity index is 444. The number of nitrogens with two attached hydrogens (primary N) is 1. The molecule has 110 valence electrons. The Balaban J connectivity index is 2.17. The summed E-state index contributed by atoms with van der Waals surface area (Å²) in [6.07, 6.45) is 3.23. The molecule has 1 amide bonds. The number of amides is 1. The predicted octanol–water partition coefficient (Wildman–Crippen LogP) is 0.976. The monoisotopic (exact) mass is 277 g/mol. The van der Waals surface area contributed by atoms with Crippen LogP contribution in [0.25, 0.3) is 6.08 Å². The number of carbonyl (C=O) groups excluding carboxylic acids is 1. The number of nitrogens with one attached hydrogen (secondary N) is 1. The minimum absolute atomic E-state index is 0.136. The highest BCUT2D eigenvalue weighted by Gasteiger charge is 1.96. The Labute approximate surface area is 120 Å². The highest BCUT2D eigenvalue weighted by Crippen LogP contribution is 2.07. The van der Waals surface area contributed by atoms with Gasteiger partial charge in [0.05, 0.1) is 13.2 Å². The molecule has 0 heterocycles. The molecule has 0 saturated heterocycles. The van der Waals surface area contributed by atoms with Crippen LogP contribution >= 0.6 is 0 Å². The van der Waals surface area contributed by atoms with Crippen LogP contribution in [-0.2, 0) is 9.53 Å². The lowest BCUT2D eigenvalue weighted by Crippen LogP contribution is -2.26. The van der Waals surface area contributed by atoms with Crippen LogP contribution in [-0.4, -0.2) is 51.2 Å². The summed E-state index contributed by atoms with van der Waals surface area (Å²) in [4.78, 5) is 13.6. The van der Waals surface area contributed by atoms with E-state index in [1.165, 1.54) is 6.08 Å². The smallest absolute Gasteiger partial charge is 0.244 e. The van der Waals surface area contributed by atoms with E-state index in [1.54, 1.807) is 6.08 Å². The normalized spacial score (nSPS) is 11.2. The maximum Gasteiger partial charge on any atom is 0.244 e. The molecule has 0 radical (unpaired) electrons. The maximum atomic E-state index is 11.5. The summed E-state index contributed by atoms with van der Waals surface area (Å²) in [6, 6.07) is 7.37. The lowest BCUT2D eigenvalue weighted by molar-refractivity contribution is -0.116. The second kappa shape index (κ2) is 9.12. The lowest BCUT2D eigenvalue weighted by Gasteiger charge is -2.09. The number of likely N-dealkylation sites (N-methyl/N-ethyl adjacent to an activating group) is 1. The van der Waals surface area contributed by atoms with E-state index in [1.807, 2.05) is 43.3 Å². The first kappa shape index (κ1) is 16.2. The number of hydrogen-bond donors (Lipinski definition) is 2. The van der Waals surface area contributed by atoms with Gasteiger partial charge in [0.15, 0.2) is 0 Å². The number of rotatable bonds is 8. The molecule has 20 heavy (non-hydrogen) atoms. The number of anilines is 1. The topological polar surface area (TPSA) is 67.6 Å². The summed E-state index contributed by atoms with van der Waals surface area (Å²) in [5.41, 5.74) is 7.25. The molecule has 0 aliphatic carbocycles. The molecule has 3 N–H and O–H groups in total. The number of nitrogen functional groups attached to an aromatic ring is 1. The molecule has 0 bridgehead atoms. The Morgan fingerprint density at radius 3 is 2.90 bits per heavy atom. The van der Waals surface area contributed by atoms with Gasteiger partial charge in [0, 0.05) is 24.9 Å². The molecule has 1 rings (SSSR count). The van der Waals surface area contributed by atoms with Gasteiger partial charge in [-0.15, -0.1) is 0 Å². The zero-order valence-corrected chi connectivity index (χ0v) is 12.1. The zero-order valence-electron chi connectivity index (χ0n) is 12.1. The van der Waals surface area contributed by atoms with Crippen molar-refractivity contribution in [2.45, 2.75) is 0 Å². The minimum Gasteiger partial charge on any atom is -0.399 e. The Kier molecular flexibility index (Phi) is 7.39. The highest BCUT2D eigenvalue weighted by atomic mass is 16.5. The summed E-state index contributed by atoms with van der Waals surface area (Å²) in [5.74, 6) is -0.136. The summed E-state index contributed by atoms with van der Waals surface area (Å²) in [5, 5.41) is 2.76. The van der Waals surface area contributed by atoms with Gasteiger partial charge in [-0.1, -0.05) is 12.1 Å². The van der Waals surface area contributed by atoms with Gasteiger partial charge in [0.25, 0.3) is 0 Å². The molecule has 1 aromatic rings. The van der Waals surface area contributed by atoms with Gasteiger partial charge >= 0.3 is 0 Å². The minimum atomic E-state index is -0.136. The van der Waals surface area contributed by atoms with E-state index in [4.69, 9.17) is 10.5 Å². The molecule has 0 aromatic heterocycles. The van der Waals surface area contributed by atoms with E-state index in [2.05, 4.69) is 5.32 Å².